The molecule has 1 heterocycles. The monoisotopic (exact) mass is 372 g/mol. The molecule has 1 N–H and O–H groups in total. The molecule has 1 unspecified atom stereocenters. The van der Waals surface area contributed by atoms with Crippen molar-refractivity contribution < 1.29 is 23.1 Å². The molecule has 7 nitrogen and oxygen atoms in total. The Bertz CT molecular complexity index is 1040. The Labute approximate surface area is 153 Å². The number of hydrogen-bond acceptors (Lipinski definition) is 5. The number of nitrogens with zero attached hydrogens (tertiary/aromatic N) is 1. The van der Waals surface area contributed by atoms with Crippen LogP contribution in [0.2, 0.25) is 0 Å². The highest BCUT2D eigenvalue weighted by Crippen LogP contribution is 2.14. The number of carbonyl (C=O) groups excluding carboxylic acids is 2. The highest BCUT2D eigenvalue weighted by Gasteiger charge is 2.19. The molecular weight excluding hydrogens is 355 g/mol. The number of benzene rings is 2. The SMILES string of the molecule is CC(OC(=O)CCn1c(=O)oc2ccccc21)C(=O)Nc1ccccc1F. The summed E-state index contributed by atoms with van der Waals surface area (Å²) in [5.74, 6) is -2.48. The van der Waals surface area contributed by atoms with Crippen molar-refractivity contribution in [1.29, 1.82) is 0 Å². The van der Waals surface area contributed by atoms with Crippen molar-refractivity contribution in [2.75, 3.05) is 5.32 Å². The fraction of sp³-hybridized carbons (Fsp3) is 0.211. The van der Waals surface area contributed by atoms with Crippen molar-refractivity contribution in [2.45, 2.75) is 26.0 Å². The zero-order valence-electron chi connectivity index (χ0n) is 14.5. The molecule has 0 radical (unpaired) electrons. The molecule has 140 valence electrons. The van der Waals surface area contributed by atoms with Crippen molar-refractivity contribution in [1.82, 2.24) is 4.57 Å². The molecule has 0 bridgehead atoms. The number of carbonyl (C=O) groups is 2. The summed E-state index contributed by atoms with van der Waals surface area (Å²) in [6.07, 6.45) is -1.24. The van der Waals surface area contributed by atoms with Crippen LogP contribution in [-0.2, 0) is 20.9 Å². The molecule has 8 heteroatoms. The quantitative estimate of drug-likeness (QED) is 0.672. The lowest BCUT2D eigenvalue weighted by atomic mass is 10.3. The van der Waals surface area contributed by atoms with Crippen molar-refractivity contribution in [3.63, 3.8) is 0 Å². The van der Waals surface area contributed by atoms with Gasteiger partial charge in [-0.3, -0.25) is 14.2 Å². The van der Waals surface area contributed by atoms with E-state index in [-0.39, 0.29) is 18.7 Å². The van der Waals surface area contributed by atoms with Gasteiger partial charge >= 0.3 is 11.7 Å². The van der Waals surface area contributed by atoms with E-state index >= 15 is 0 Å². The number of nitrogens with one attached hydrogen (secondary N) is 1. The maximum atomic E-state index is 13.6. The van der Waals surface area contributed by atoms with E-state index in [2.05, 4.69) is 5.32 Å². The molecule has 0 aliphatic heterocycles. The Morgan fingerprint density at radius 1 is 1.19 bits per heavy atom. The Kier molecular flexibility index (Phi) is 5.35. The average Bonchev–Trinajstić information content (AvgIpc) is 2.97. The first kappa shape index (κ1) is 18.4. The van der Waals surface area contributed by atoms with Gasteiger partial charge in [0.25, 0.3) is 5.91 Å². The first-order valence-corrected chi connectivity index (χ1v) is 8.29. The van der Waals surface area contributed by atoms with Crippen LogP contribution in [0, 0.1) is 5.82 Å². The number of halogens is 1. The lowest BCUT2D eigenvalue weighted by Gasteiger charge is -2.14. The second-order valence-electron chi connectivity index (χ2n) is 5.84. The number of anilines is 1. The van der Waals surface area contributed by atoms with Gasteiger partial charge in [-0.05, 0) is 31.2 Å². The van der Waals surface area contributed by atoms with E-state index in [0.717, 1.165) is 0 Å². The van der Waals surface area contributed by atoms with Crippen LogP contribution in [0.15, 0.2) is 57.7 Å². The first-order chi connectivity index (χ1) is 13.0. The van der Waals surface area contributed by atoms with E-state index in [4.69, 9.17) is 9.15 Å². The van der Waals surface area contributed by atoms with Crippen molar-refractivity contribution in [3.05, 3.63) is 64.9 Å². The number of para-hydroxylation sites is 3. The van der Waals surface area contributed by atoms with Gasteiger partial charge < -0.3 is 14.5 Å². The summed E-state index contributed by atoms with van der Waals surface area (Å²) in [5.41, 5.74) is 0.996. The topological polar surface area (TPSA) is 90.5 Å². The number of ether oxygens (including phenoxy) is 1. The largest absolute Gasteiger partial charge is 0.452 e. The highest BCUT2D eigenvalue weighted by atomic mass is 19.1. The van der Waals surface area contributed by atoms with E-state index in [1.54, 1.807) is 30.3 Å². The summed E-state index contributed by atoms with van der Waals surface area (Å²) in [7, 11) is 0. The van der Waals surface area contributed by atoms with Gasteiger partial charge in [0.1, 0.15) is 5.82 Å². The van der Waals surface area contributed by atoms with E-state index in [0.29, 0.717) is 11.1 Å². The number of hydrogen-bond donors (Lipinski definition) is 1. The number of aryl methyl sites for hydroxylation is 1. The van der Waals surface area contributed by atoms with Gasteiger partial charge in [-0.1, -0.05) is 24.3 Å². The maximum Gasteiger partial charge on any atom is 0.419 e. The molecule has 0 aliphatic carbocycles. The minimum absolute atomic E-state index is 0.00168. The van der Waals surface area contributed by atoms with Gasteiger partial charge in [0, 0.05) is 6.54 Å². The first-order valence-electron chi connectivity index (χ1n) is 8.29. The molecule has 0 saturated carbocycles. The van der Waals surface area contributed by atoms with Crippen molar-refractivity contribution in [2.24, 2.45) is 0 Å². The zero-order valence-corrected chi connectivity index (χ0v) is 14.5. The van der Waals surface area contributed by atoms with Gasteiger partial charge in [0.2, 0.25) is 0 Å². The summed E-state index contributed by atoms with van der Waals surface area (Å²) < 4.78 is 25.0. The summed E-state index contributed by atoms with van der Waals surface area (Å²) in [6, 6.07) is 12.5. The van der Waals surface area contributed by atoms with E-state index < -0.39 is 29.6 Å². The number of fused-ring (bicyclic) bond motifs is 1. The van der Waals surface area contributed by atoms with Crippen molar-refractivity contribution >= 4 is 28.7 Å². The molecule has 2 aromatic carbocycles. The number of aromatic nitrogens is 1. The Balaban J connectivity index is 1.57. The molecule has 0 aliphatic rings. The standard InChI is InChI=1S/C19H17FN2O5/c1-12(18(24)21-14-7-3-2-6-13(14)20)26-17(23)10-11-22-15-8-4-5-9-16(15)27-19(22)25/h2-9,12H,10-11H2,1H3,(H,21,24). The number of esters is 1. The summed E-state index contributed by atoms with van der Waals surface area (Å²) >= 11 is 0. The van der Waals surface area contributed by atoms with Gasteiger partial charge in [0.05, 0.1) is 17.6 Å². The number of rotatable bonds is 6. The van der Waals surface area contributed by atoms with Crippen LogP contribution >= 0.6 is 0 Å². The molecule has 27 heavy (non-hydrogen) atoms. The summed E-state index contributed by atoms with van der Waals surface area (Å²) in [5, 5.41) is 2.36. The van der Waals surface area contributed by atoms with Crippen LogP contribution in [-0.4, -0.2) is 22.5 Å². The third-order valence-electron chi connectivity index (χ3n) is 3.92. The lowest BCUT2D eigenvalue weighted by Crippen LogP contribution is -2.30. The Morgan fingerprint density at radius 2 is 1.89 bits per heavy atom. The molecule has 0 spiro atoms. The second kappa shape index (κ2) is 7.86. The predicted octanol–water partition coefficient (Wildman–Crippen LogP) is 2.69. The molecule has 1 aromatic heterocycles. The minimum atomic E-state index is -1.12. The van der Waals surface area contributed by atoms with E-state index in [9.17, 15) is 18.8 Å². The lowest BCUT2D eigenvalue weighted by molar-refractivity contribution is -0.153. The summed E-state index contributed by atoms with van der Waals surface area (Å²) in [4.78, 5) is 35.9. The van der Waals surface area contributed by atoms with Gasteiger partial charge in [-0.15, -0.1) is 0 Å². The van der Waals surface area contributed by atoms with Gasteiger partial charge in [-0.2, -0.15) is 0 Å². The fourth-order valence-electron chi connectivity index (χ4n) is 2.54. The molecular formula is C19H17FN2O5. The molecule has 3 rings (SSSR count). The van der Waals surface area contributed by atoms with Crippen molar-refractivity contribution in [3.8, 4) is 0 Å². The van der Waals surface area contributed by atoms with Gasteiger partial charge in [0.15, 0.2) is 11.7 Å². The minimum Gasteiger partial charge on any atom is -0.452 e. The van der Waals surface area contributed by atoms with Crippen LogP contribution in [0.1, 0.15) is 13.3 Å². The van der Waals surface area contributed by atoms with E-state index in [1.807, 2.05) is 0 Å². The highest BCUT2D eigenvalue weighted by molar-refractivity contribution is 5.95. The number of amides is 1. The molecule has 0 saturated heterocycles. The Morgan fingerprint density at radius 3 is 2.67 bits per heavy atom. The fourth-order valence-corrected chi connectivity index (χ4v) is 2.54. The third-order valence-corrected chi connectivity index (χ3v) is 3.92. The Hall–Kier alpha value is -3.42. The normalized spacial score (nSPS) is 11.9. The van der Waals surface area contributed by atoms with Crippen LogP contribution in [0.3, 0.4) is 0 Å². The van der Waals surface area contributed by atoms with Gasteiger partial charge in [-0.25, -0.2) is 9.18 Å². The van der Waals surface area contributed by atoms with Crippen LogP contribution in [0.25, 0.3) is 11.1 Å². The molecule has 1 amide bonds. The van der Waals surface area contributed by atoms with Crippen LogP contribution < -0.4 is 11.1 Å². The second-order valence-corrected chi connectivity index (χ2v) is 5.84. The van der Waals surface area contributed by atoms with Crippen LogP contribution in [0.4, 0.5) is 10.1 Å². The zero-order chi connectivity index (χ0) is 19.4. The van der Waals surface area contributed by atoms with Crippen LogP contribution in [0.5, 0.6) is 0 Å². The third kappa shape index (κ3) is 4.22. The number of oxazole rings is 1. The summed E-state index contributed by atoms with van der Waals surface area (Å²) in [6.45, 7) is 1.43. The predicted molar refractivity (Wildman–Crippen MR) is 95.7 cm³/mol. The smallest absolute Gasteiger partial charge is 0.419 e. The molecule has 1 atom stereocenters. The van der Waals surface area contributed by atoms with E-state index in [1.165, 1.54) is 29.7 Å². The average molecular weight is 372 g/mol. The molecule has 3 aromatic rings. The maximum absolute atomic E-state index is 13.6. The molecule has 0 fully saturated rings.